The molecule has 2 aromatic carbocycles. The van der Waals surface area contributed by atoms with E-state index < -0.39 is 0 Å². The molecule has 0 aliphatic heterocycles. The quantitative estimate of drug-likeness (QED) is 0.830. The van der Waals surface area contributed by atoms with E-state index in [4.69, 9.17) is 21.1 Å². The fraction of sp³-hybridized carbons (Fsp3) is 0.167. The van der Waals surface area contributed by atoms with Gasteiger partial charge in [-0.15, -0.1) is 0 Å². The third-order valence-electron chi connectivity index (χ3n) is 3.30. The molecular weight excluding hydrogens is 314 g/mol. The average Bonchev–Trinajstić information content (AvgIpc) is 2.55. The van der Waals surface area contributed by atoms with E-state index in [0.29, 0.717) is 16.5 Å². The standard InChI is InChI=1S/C18H18ClNO3/c1-12-10-14(19)5-7-16(12)20-18(21)9-4-13-11-15(22-2)6-8-17(13)23-3/h4-11H,1-3H3,(H,20,21)/b9-4-. The number of ether oxygens (including phenoxy) is 2. The molecule has 23 heavy (non-hydrogen) atoms. The number of carbonyl (C=O) groups is 1. The predicted molar refractivity (Wildman–Crippen MR) is 93.4 cm³/mol. The average molecular weight is 332 g/mol. The molecule has 0 unspecified atom stereocenters. The van der Waals surface area contributed by atoms with Crippen molar-refractivity contribution in [2.45, 2.75) is 6.92 Å². The number of anilines is 1. The lowest BCUT2D eigenvalue weighted by atomic mass is 10.1. The number of hydrogen-bond acceptors (Lipinski definition) is 3. The number of halogens is 1. The Kier molecular flexibility index (Phi) is 5.66. The Hall–Kier alpha value is -2.46. The van der Waals surface area contributed by atoms with Gasteiger partial charge in [-0.05, 0) is 55.0 Å². The highest BCUT2D eigenvalue weighted by molar-refractivity contribution is 6.30. The molecule has 0 heterocycles. The summed E-state index contributed by atoms with van der Waals surface area (Å²) in [5.41, 5.74) is 2.38. The highest BCUT2D eigenvalue weighted by atomic mass is 35.5. The van der Waals surface area contributed by atoms with Crippen molar-refractivity contribution in [3.05, 3.63) is 58.6 Å². The molecule has 2 rings (SSSR count). The predicted octanol–water partition coefficient (Wildman–Crippen LogP) is 4.32. The number of methoxy groups -OCH3 is 2. The molecule has 0 radical (unpaired) electrons. The van der Waals surface area contributed by atoms with Gasteiger partial charge in [0.05, 0.1) is 14.2 Å². The summed E-state index contributed by atoms with van der Waals surface area (Å²) in [6.07, 6.45) is 3.13. The first kappa shape index (κ1) is 16.9. The normalized spacial score (nSPS) is 10.6. The van der Waals surface area contributed by atoms with Crippen molar-refractivity contribution in [1.29, 1.82) is 0 Å². The van der Waals surface area contributed by atoms with Crippen LogP contribution in [0.3, 0.4) is 0 Å². The molecule has 1 amide bonds. The molecule has 2 aromatic rings. The van der Waals surface area contributed by atoms with Crippen molar-refractivity contribution < 1.29 is 14.3 Å². The lowest BCUT2D eigenvalue weighted by Crippen LogP contribution is -2.08. The SMILES string of the molecule is COc1ccc(OC)c(/C=C\C(=O)Nc2ccc(Cl)cc2C)c1. The summed E-state index contributed by atoms with van der Waals surface area (Å²) < 4.78 is 10.5. The Labute approximate surface area is 140 Å². The van der Waals surface area contributed by atoms with E-state index in [9.17, 15) is 4.79 Å². The molecule has 0 aliphatic rings. The zero-order chi connectivity index (χ0) is 16.8. The van der Waals surface area contributed by atoms with Crippen LogP contribution in [-0.4, -0.2) is 20.1 Å². The summed E-state index contributed by atoms with van der Waals surface area (Å²) in [5, 5.41) is 3.45. The topological polar surface area (TPSA) is 47.6 Å². The Morgan fingerprint density at radius 2 is 1.91 bits per heavy atom. The molecule has 0 saturated heterocycles. The van der Waals surface area contributed by atoms with E-state index >= 15 is 0 Å². The van der Waals surface area contributed by atoms with Crippen LogP contribution in [0.15, 0.2) is 42.5 Å². The van der Waals surface area contributed by atoms with Gasteiger partial charge in [-0.3, -0.25) is 4.79 Å². The first-order valence-corrected chi connectivity index (χ1v) is 7.38. The number of rotatable bonds is 5. The molecule has 0 atom stereocenters. The molecule has 0 saturated carbocycles. The van der Waals surface area contributed by atoms with Crippen LogP contribution >= 0.6 is 11.6 Å². The van der Waals surface area contributed by atoms with Gasteiger partial charge in [-0.2, -0.15) is 0 Å². The van der Waals surface area contributed by atoms with Crippen LogP contribution in [0.25, 0.3) is 6.08 Å². The minimum absolute atomic E-state index is 0.236. The Morgan fingerprint density at radius 1 is 1.13 bits per heavy atom. The number of amides is 1. The van der Waals surface area contributed by atoms with Crippen LogP contribution < -0.4 is 14.8 Å². The minimum atomic E-state index is -0.236. The van der Waals surface area contributed by atoms with Gasteiger partial charge < -0.3 is 14.8 Å². The molecular formula is C18H18ClNO3. The summed E-state index contributed by atoms with van der Waals surface area (Å²) in [6.45, 7) is 1.89. The summed E-state index contributed by atoms with van der Waals surface area (Å²) in [7, 11) is 3.17. The molecule has 5 heteroatoms. The maximum absolute atomic E-state index is 12.1. The zero-order valence-electron chi connectivity index (χ0n) is 13.2. The maximum atomic E-state index is 12.1. The molecule has 1 N–H and O–H groups in total. The largest absolute Gasteiger partial charge is 0.497 e. The van der Waals surface area contributed by atoms with Crippen molar-refractivity contribution >= 4 is 29.3 Å². The summed E-state index contributed by atoms with van der Waals surface area (Å²) in [6, 6.07) is 10.7. The fourth-order valence-corrected chi connectivity index (χ4v) is 2.30. The third-order valence-corrected chi connectivity index (χ3v) is 3.53. The molecule has 4 nitrogen and oxygen atoms in total. The molecule has 0 fully saturated rings. The second-order valence-electron chi connectivity index (χ2n) is 4.89. The Bertz CT molecular complexity index is 741. The van der Waals surface area contributed by atoms with Crippen molar-refractivity contribution in [1.82, 2.24) is 0 Å². The van der Waals surface area contributed by atoms with Gasteiger partial charge in [0.1, 0.15) is 11.5 Å². The van der Waals surface area contributed by atoms with Crippen molar-refractivity contribution in [3.8, 4) is 11.5 Å². The summed E-state index contributed by atoms with van der Waals surface area (Å²) in [5.74, 6) is 1.12. The highest BCUT2D eigenvalue weighted by Crippen LogP contribution is 2.25. The monoisotopic (exact) mass is 331 g/mol. The summed E-state index contributed by atoms with van der Waals surface area (Å²) >= 11 is 5.90. The van der Waals surface area contributed by atoms with Gasteiger partial charge in [0.25, 0.3) is 0 Å². The second kappa shape index (κ2) is 7.70. The van der Waals surface area contributed by atoms with Crippen molar-refractivity contribution in [2.75, 3.05) is 19.5 Å². The van der Waals surface area contributed by atoms with Gasteiger partial charge in [0.2, 0.25) is 5.91 Å². The maximum Gasteiger partial charge on any atom is 0.248 e. The summed E-state index contributed by atoms with van der Waals surface area (Å²) in [4.78, 5) is 12.1. The van der Waals surface area contributed by atoms with Gasteiger partial charge >= 0.3 is 0 Å². The number of benzene rings is 2. The number of aryl methyl sites for hydroxylation is 1. The number of hydrogen-bond donors (Lipinski definition) is 1. The van der Waals surface area contributed by atoms with Gasteiger partial charge in [0, 0.05) is 22.3 Å². The van der Waals surface area contributed by atoms with E-state index in [1.165, 1.54) is 6.08 Å². The third kappa shape index (κ3) is 4.50. The van der Waals surface area contributed by atoms with E-state index in [0.717, 1.165) is 16.8 Å². The van der Waals surface area contributed by atoms with Crippen LogP contribution in [0, 0.1) is 6.92 Å². The van der Waals surface area contributed by atoms with Gasteiger partial charge in [-0.1, -0.05) is 11.6 Å². The van der Waals surface area contributed by atoms with E-state index in [-0.39, 0.29) is 5.91 Å². The molecule has 120 valence electrons. The molecule has 0 bridgehead atoms. The molecule has 0 aromatic heterocycles. The van der Waals surface area contributed by atoms with Crippen LogP contribution in [-0.2, 0) is 4.79 Å². The fourth-order valence-electron chi connectivity index (χ4n) is 2.08. The Morgan fingerprint density at radius 3 is 2.57 bits per heavy atom. The molecule has 0 spiro atoms. The van der Waals surface area contributed by atoms with Crippen molar-refractivity contribution in [2.24, 2.45) is 0 Å². The zero-order valence-corrected chi connectivity index (χ0v) is 14.0. The van der Waals surface area contributed by atoms with Crippen LogP contribution in [0.5, 0.6) is 11.5 Å². The smallest absolute Gasteiger partial charge is 0.248 e. The second-order valence-corrected chi connectivity index (χ2v) is 5.33. The lowest BCUT2D eigenvalue weighted by molar-refractivity contribution is -0.111. The Balaban J connectivity index is 2.14. The lowest BCUT2D eigenvalue weighted by Gasteiger charge is -2.08. The minimum Gasteiger partial charge on any atom is -0.497 e. The highest BCUT2D eigenvalue weighted by Gasteiger charge is 2.05. The van der Waals surface area contributed by atoms with Crippen LogP contribution in [0.2, 0.25) is 5.02 Å². The molecule has 0 aliphatic carbocycles. The van der Waals surface area contributed by atoms with Crippen molar-refractivity contribution in [3.63, 3.8) is 0 Å². The van der Waals surface area contributed by atoms with Gasteiger partial charge in [-0.25, -0.2) is 0 Å². The van der Waals surface area contributed by atoms with E-state index in [1.54, 1.807) is 56.7 Å². The number of nitrogens with one attached hydrogen (secondary N) is 1. The van der Waals surface area contributed by atoms with E-state index in [2.05, 4.69) is 5.32 Å². The first-order valence-electron chi connectivity index (χ1n) is 7.00. The van der Waals surface area contributed by atoms with Gasteiger partial charge in [0.15, 0.2) is 0 Å². The van der Waals surface area contributed by atoms with E-state index in [1.807, 2.05) is 6.92 Å². The first-order chi connectivity index (χ1) is 11.0. The number of carbonyl (C=O) groups excluding carboxylic acids is 1. The van der Waals surface area contributed by atoms with Crippen LogP contribution in [0.1, 0.15) is 11.1 Å². The van der Waals surface area contributed by atoms with Crippen LogP contribution in [0.4, 0.5) is 5.69 Å².